The van der Waals surface area contributed by atoms with E-state index in [4.69, 9.17) is 0 Å². The fourth-order valence-electron chi connectivity index (χ4n) is 0.530. The van der Waals surface area contributed by atoms with Crippen molar-refractivity contribution in [1.82, 2.24) is 5.32 Å². The summed E-state index contributed by atoms with van der Waals surface area (Å²) in [5.41, 5.74) is 0.439. The largest absolute Gasteiger partial charge is 0.319 e. The monoisotopic (exact) mass is 161 g/mol. The molecule has 11 heavy (non-hydrogen) atoms. The molecule has 0 fully saturated rings. The third kappa shape index (κ3) is 40.2. The molecule has 0 rings (SSSR count). The van der Waals surface area contributed by atoms with Crippen LogP contribution in [0.3, 0.4) is 0 Å². The Balaban J connectivity index is -0.000000138. The molecule has 0 radical (unpaired) electrons. The topological polar surface area (TPSA) is 12.0 Å². The lowest BCUT2D eigenvalue weighted by Crippen LogP contribution is -2.22. The molecule has 0 saturated carbocycles. The molecule has 0 spiro atoms. The molecule has 0 aromatic carbocycles. The summed E-state index contributed by atoms with van der Waals surface area (Å²) < 4.78 is 0. The minimum absolute atomic E-state index is 0.439. The molecule has 72 valence electrons. The van der Waals surface area contributed by atoms with E-state index in [2.05, 4.69) is 26.1 Å². The van der Waals surface area contributed by atoms with Gasteiger partial charge in [-0.05, 0) is 19.0 Å². The van der Waals surface area contributed by atoms with Gasteiger partial charge in [-0.1, -0.05) is 48.5 Å². The zero-order valence-electron chi connectivity index (χ0n) is 9.71. The molecule has 0 saturated heterocycles. The van der Waals surface area contributed by atoms with E-state index < -0.39 is 0 Å². The smallest absolute Gasteiger partial charge is 0.000313 e. The van der Waals surface area contributed by atoms with Crippen LogP contribution in [0, 0.1) is 5.41 Å². The van der Waals surface area contributed by atoms with Crippen LogP contribution in [0.5, 0.6) is 0 Å². The average Bonchev–Trinajstić information content (AvgIpc) is 1.94. The van der Waals surface area contributed by atoms with Crippen LogP contribution in [0.2, 0.25) is 0 Å². The third-order valence-electron chi connectivity index (χ3n) is 0.707. The highest BCUT2D eigenvalue weighted by Gasteiger charge is 2.05. The van der Waals surface area contributed by atoms with Gasteiger partial charge in [0, 0.05) is 0 Å². The van der Waals surface area contributed by atoms with Gasteiger partial charge in [-0.25, -0.2) is 0 Å². The molecule has 1 heteroatoms. The Labute approximate surface area is 73.6 Å². The van der Waals surface area contributed by atoms with Crippen LogP contribution in [0.1, 0.15) is 48.5 Å². The van der Waals surface area contributed by atoms with Crippen molar-refractivity contribution in [3.63, 3.8) is 0 Å². The lowest BCUT2D eigenvalue weighted by atomic mass is 9.97. The summed E-state index contributed by atoms with van der Waals surface area (Å²) in [5, 5.41) is 3.11. The SMILES string of the molecule is CC.CC.CNCC(C)(C)C. The normalized spacial score (nSPS) is 8.73. The van der Waals surface area contributed by atoms with Crippen molar-refractivity contribution in [2.24, 2.45) is 5.41 Å². The van der Waals surface area contributed by atoms with E-state index in [1.54, 1.807) is 0 Å². The molecule has 1 nitrogen and oxygen atoms in total. The van der Waals surface area contributed by atoms with Gasteiger partial charge in [-0.15, -0.1) is 0 Å². The Bertz CT molecular complexity index is 43.3. The molecule has 0 aromatic rings. The lowest BCUT2D eigenvalue weighted by Gasteiger charge is -2.16. The number of hydrogen-bond donors (Lipinski definition) is 1. The molecule has 0 aliphatic carbocycles. The third-order valence-corrected chi connectivity index (χ3v) is 0.707. The van der Waals surface area contributed by atoms with Crippen LogP contribution in [-0.4, -0.2) is 13.6 Å². The van der Waals surface area contributed by atoms with E-state index in [0.29, 0.717) is 5.41 Å². The van der Waals surface area contributed by atoms with Gasteiger partial charge < -0.3 is 5.32 Å². The van der Waals surface area contributed by atoms with Gasteiger partial charge in [0.2, 0.25) is 0 Å². The molecule has 1 N–H and O–H groups in total. The molecule has 0 heterocycles. The molecular formula is C10H27N. The fourth-order valence-corrected chi connectivity index (χ4v) is 0.530. The minimum atomic E-state index is 0.439. The summed E-state index contributed by atoms with van der Waals surface area (Å²) in [6.07, 6.45) is 0. The van der Waals surface area contributed by atoms with Crippen molar-refractivity contribution in [3.05, 3.63) is 0 Å². The van der Waals surface area contributed by atoms with E-state index in [1.807, 2.05) is 34.7 Å². The summed E-state index contributed by atoms with van der Waals surface area (Å²) >= 11 is 0. The quantitative estimate of drug-likeness (QED) is 0.622. The van der Waals surface area contributed by atoms with Crippen LogP contribution in [0.25, 0.3) is 0 Å². The highest BCUT2D eigenvalue weighted by Crippen LogP contribution is 2.09. The first-order valence-electron chi connectivity index (χ1n) is 4.71. The summed E-state index contributed by atoms with van der Waals surface area (Å²) in [7, 11) is 1.98. The van der Waals surface area contributed by atoms with Gasteiger partial charge in [0.1, 0.15) is 0 Å². The molecule has 0 bridgehead atoms. The predicted molar refractivity (Wildman–Crippen MR) is 56.1 cm³/mol. The van der Waals surface area contributed by atoms with Crippen LogP contribution in [0.4, 0.5) is 0 Å². The van der Waals surface area contributed by atoms with Crippen LogP contribution in [0.15, 0.2) is 0 Å². The zero-order valence-corrected chi connectivity index (χ0v) is 9.71. The maximum atomic E-state index is 3.11. The lowest BCUT2D eigenvalue weighted by molar-refractivity contribution is 0.395. The van der Waals surface area contributed by atoms with Gasteiger partial charge in [0.15, 0.2) is 0 Å². The number of nitrogens with one attached hydrogen (secondary N) is 1. The minimum Gasteiger partial charge on any atom is -0.319 e. The van der Waals surface area contributed by atoms with Crippen LogP contribution >= 0.6 is 0 Å². The van der Waals surface area contributed by atoms with E-state index in [-0.39, 0.29) is 0 Å². The van der Waals surface area contributed by atoms with Crippen molar-refractivity contribution in [1.29, 1.82) is 0 Å². The van der Waals surface area contributed by atoms with Crippen molar-refractivity contribution in [2.45, 2.75) is 48.5 Å². The van der Waals surface area contributed by atoms with Gasteiger partial charge >= 0.3 is 0 Å². The van der Waals surface area contributed by atoms with Gasteiger partial charge in [-0.2, -0.15) is 0 Å². The molecule has 0 atom stereocenters. The highest BCUT2D eigenvalue weighted by molar-refractivity contribution is 4.61. The molecule has 0 aliphatic rings. The highest BCUT2D eigenvalue weighted by atomic mass is 14.8. The second-order valence-corrected chi connectivity index (χ2v) is 3.09. The molecular weight excluding hydrogens is 134 g/mol. The average molecular weight is 161 g/mol. The number of rotatable bonds is 1. The second-order valence-electron chi connectivity index (χ2n) is 3.09. The zero-order chi connectivity index (χ0) is 9.91. The van der Waals surface area contributed by atoms with Crippen molar-refractivity contribution in [2.75, 3.05) is 13.6 Å². The molecule has 0 unspecified atom stereocenters. The van der Waals surface area contributed by atoms with Crippen molar-refractivity contribution in [3.8, 4) is 0 Å². The second kappa shape index (κ2) is 12.6. The van der Waals surface area contributed by atoms with Crippen LogP contribution in [-0.2, 0) is 0 Å². The van der Waals surface area contributed by atoms with E-state index in [0.717, 1.165) is 6.54 Å². The van der Waals surface area contributed by atoms with Crippen molar-refractivity contribution < 1.29 is 0 Å². The maximum absolute atomic E-state index is 3.11. The predicted octanol–water partition coefficient (Wildman–Crippen LogP) is 3.30. The van der Waals surface area contributed by atoms with Gasteiger partial charge in [-0.3, -0.25) is 0 Å². The summed E-state index contributed by atoms with van der Waals surface area (Å²) in [6, 6.07) is 0. The number of hydrogen-bond acceptors (Lipinski definition) is 1. The Morgan fingerprint density at radius 3 is 1.18 bits per heavy atom. The molecule has 0 aliphatic heterocycles. The van der Waals surface area contributed by atoms with Gasteiger partial charge in [0.25, 0.3) is 0 Å². The Hall–Kier alpha value is -0.0400. The van der Waals surface area contributed by atoms with Crippen LogP contribution < -0.4 is 5.32 Å². The van der Waals surface area contributed by atoms with E-state index in [1.165, 1.54) is 0 Å². The first-order chi connectivity index (χ1) is 5.06. The van der Waals surface area contributed by atoms with E-state index in [9.17, 15) is 0 Å². The van der Waals surface area contributed by atoms with Crippen molar-refractivity contribution >= 4 is 0 Å². The first kappa shape index (κ1) is 17.2. The Kier molecular flexibility index (Phi) is 19.7. The molecule has 0 aromatic heterocycles. The maximum Gasteiger partial charge on any atom is -0.000313 e. The summed E-state index contributed by atoms with van der Waals surface area (Å²) in [4.78, 5) is 0. The fraction of sp³-hybridized carbons (Fsp3) is 1.00. The Morgan fingerprint density at radius 1 is 0.909 bits per heavy atom. The van der Waals surface area contributed by atoms with Gasteiger partial charge in [0.05, 0.1) is 0 Å². The summed E-state index contributed by atoms with van der Waals surface area (Å²) in [6.45, 7) is 15.7. The molecule has 0 amide bonds. The summed E-state index contributed by atoms with van der Waals surface area (Å²) in [5.74, 6) is 0. The van der Waals surface area contributed by atoms with E-state index >= 15 is 0 Å². The first-order valence-corrected chi connectivity index (χ1v) is 4.71. The Morgan fingerprint density at radius 2 is 1.18 bits per heavy atom. The standard InChI is InChI=1S/C6H15N.2C2H6/c1-6(2,3)5-7-4;2*1-2/h7H,5H2,1-4H3;2*1-2H3.